The highest BCUT2D eigenvalue weighted by atomic mass is 35.5. The van der Waals surface area contributed by atoms with Crippen LogP contribution in [0.5, 0.6) is 0 Å². The smallest absolute Gasteiger partial charge is 0.274 e. The van der Waals surface area contributed by atoms with Crippen LogP contribution in [-0.2, 0) is 0 Å². The lowest BCUT2D eigenvalue weighted by Crippen LogP contribution is -2.42. The Balaban J connectivity index is 1.82. The van der Waals surface area contributed by atoms with Gasteiger partial charge >= 0.3 is 0 Å². The van der Waals surface area contributed by atoms with E-state index in [9.17, 15) is 9.90 Å². The number of carbonyl (C=O) groups excluding carboxylic acids is 1. The van der Waals surface area contributed by atoms with Crippen LogP contribution in [0.15, 0.2) is 30.5 Å². The SMILES string of the molecule is Cc1cn(-c2ccccc2Cl)nc1C(=O)N(C)CC1(O)CCCC1. The monoisotopic (exact) mass is 347 g/mol. The molecule has 1 heterocycles. The number of halogens is 1. The first-order valence-electron chi connectivity index (χ1n) is 8.19. The van der Waals surface area contributed by atoms with Gasteiger partial charge in [0.05, 0.1) is 16.3 Å². The molecule has 128 valence electrons. The molecule has 0 unspecified atom stereocenters. The van der Waals surface area contributed by atoms with Gasteiger partial charge < -0.3 is 10.0 Å². The maximum absolute atomic E-state index is 12.7. The number of benzene rings is 1. The molecule has 1 amide bonds. The zero-order valence-electron chi connectivity index (χ0n) is 14.0. The van der Waals surface area contributed by atoms with Crippen molar-refractivity contribution in [2.24, 2.45) is 0 Å². The Morgan fingerprint density at radius 2 is 2.04 bits per heavy atom. The Bertz CT molecular complexity index is 750. The fourth-order valence-corrected chi connectivity index (χ4v) is 3.54. The minimum absolute atomic E-state index is 0.182. The number of hydrogen-bond donors (Lipinski definition) is 1. The Labute approximate surface area is 146 Å². The van der Waals surface area contributed by atoms with Crippen molar-refractivity contribution in [3.8, 4) is 5.69 Å². The summed E-state index contributed by atoms with van der Waals surface area (Å²) in [6.45, 7) is 2.19. The molecule has 1 aliphatic rings. The number of aryl methyl sites for hydroxylation is 1. The zero-order valence-corrected chi connectivity index (χ0v) is 14.8. The number of aliphatic hydroxyl groups is 1. The number of rotatable bonds is 4. The van der Waals surface area contributed by atoms with Gasteiger partial charge in [-0.3, -0.25) is 4.79 Å². The molecule has 0 radical (unpaired) electrons. The molecule has 1 N–H and O–H groups in total. The Morgan fingerprint density at radius 1 is 1.38 bits per heavy atom. The third-order valence-electron chi connectivity index (χ3n) is 4.61. The number of para-hydroxylation sites is 1. The van der Waals surface area contributed by atoms with Gasteiger partial charge in [-0.1, -0.05) is 36.6 Å². The van der Waals surface area contributed by atoms with Crippen molar-refractivity contribution >= 4 is 17.5 Å². The molecule has 3 rings (SSSR count). The largest absolute Gasteiger partial charge is 0.388 e. The van der Waals surface area contributed by atoms with Crippen LogP contribution >= 0.6 is 11.6 Å². The van der Waals surface area contributed by atoms with E-state index in [4.69, 9.17) is 11.6 Å². The topological polar surface area (TPSA) is 58.4 Å². The molecule has 5 nitrogen and oxygen atoms in total. The standard InChI is InChI=1S/C18H22ClN3O2/c1-13-11-22(15-8-4-3-7-14(15)19)20-16(13)17(23)21(2)12-18(24)9-5-6-10-18/h3-4,7-8,11,24H,5-6,9-10,12H2,1-2H3. The maximum Gasteiger partial charge on any atom is 0.274 e. The van der Waals surface area contributed by atoms with E-state index < -0.39 is 5.60 Å². The van der Waals surface area contributed by atoms with Gasteiger partial charge in [-0.15, -0.1) is 0 Å². The van der Waals surface area contributed by atoms with E-state index in [-0.39, 0.29) is 5.91 Å². The second-order valence-corrected chi connectivity index (χ2v) is 7.06. The molecule has 6 heteroatoms. The van der Waals surface area contributed by atoms with Crippen LogP contribution in [0.3, 0.4) is 0 Å². The highest BCUT2D eigenvalue weighted by molar-refractivity contribution is 6.32. The summed E-state index contributed by atoms with van der Waals surface area (Å²) in [5.41, 5.74) is 1.14. The van der Waals surface area contributed by atoms with Crippen molar-refractivity contribution < 1.29 is 9.90 Å². The molecular weight excluding hydrogens is 326 g/mol. The Kier molecular flexibility index (Phi) is 4.65. The summed E-state index contributed by atoms with van der Waals surface area (Å²) in [5, 5.41) is 15.5. The average molecular weight is 348 g/mol. The maximum atomic E-state index is 12.7. The van der Waals surface area contributed by atoms with E-state index in [1.54, 1.807) is 28.9 Å². The van der Waals surface area contributed by atoms with Gasteiger partial charge in [0.15, 0.2) is 5.69 Å². The van der Waals surface area contributed by atoms with Crippen LogP contribution < -0.4 is 0 Å². The van der Waals surface area contributed by atoms with E-state index in [0.29, 0.717) is 17.3 Å². The van der Waals surface area contributed by atoms with E-state index in [0.717, 1.165) is 36.9 Å². The van der Waals surface area contributed by atoms with Crippen LogP contribution in [0.4, 0.5) is 0 Å². The summed E-state index contributed by atoms with van der Waals surface area (Å²) in [6.07, 6.45) is 5.32. The van der Waals surface area contributed by atoms with Crippen molar-refractivity contribution in [2.75, 3.05) is 13.6 Å². The van der Waals surface area contributed by atoms with Gasteiger partial charge in [-0.25, -0.2) is 4.68 Å². The average Bonchev–Trinajstić information content (AvgIpc) is 3.13. The third kappa shape index (κ3) is 3.32. The normalized spacial score (nSPS) is 16.3. The quantitative estimate of drug-likeness (QED) is 0.923. The molecule has 0 spiro atoms. The number of amides is 1. The molecule has 24 heavy (non-hydrogen) atoms. The number of likely N-dealkylation sites (N-methyl/N-ethyl adjacent to an activating group) is 1. The Morgan fingerprint density at radius 3 is 2.71 bits per heavy atom. The van der Waals surface area contributed by atoms with Gasteiger partial charge in [0.25, 0.3) is 5.91 Å². The van der Waals surface area contributed by atoms with Gasteiger partial charge in [0.1, 0.15) is 0 Å². The van der Waals surface area contributed by atoms with Crippen molar-refractivity contribution in [3.05, 3.63) is 46.7 Å². The van der Waals surface area contributed by atoms with Gasteiger partial charge in [0, 0.05) is 25.4 Å². The zero-order chi connectivity index (χ0) is 17.3. The molecule has 0 saturated heterocycles. The molecule has 1 saturated carbocycles. The predicted octanol–water partition coefficient (Wildman–Crippen LogP) is 3.21. The molecule has 0 bridgehead atoms. The summed E-state index contributed by atoms with van der Waals surface area (Å²) in [7, 11) is 1.71. The van der Waals surface area contributed by atoms with Gasteiger partial charge in [-0.2, -0.15) is 5.10 Å². The second-order valence-electron chi connectivity index (χ2n) is 6.65. The minimum Gasteiger partial charge on any atom is -0.388 e. The van der Waals surface area contributed by atoms with Crippen LogP contribution in [0, 0.1) is 6.92 Å². The number of nitrogens with zero attached hydrogens (tertiary/aromatic N) is 3. The van der Waals surface area contributed by atoms with E-state index in [2.05, 4.69) is 5.10 Å². The molecule has 0 atom stereocenters. The minimum atomic E-state index is -0.760. The van der Waals surface area contributed by atoms with Gasteiger partial charge in [0.2, 0.25) is 0 Å². The van der Waals surface area contributed by atoms with Crippen molar-refractivity contribution in [2.45, 2.75) is 38.2 Å². The van der Waals surface area contributed by atoms with Crippen molar-refractivity contribution in [1.82, 2.24) is 14.7 Å². The lowest BCUT2D eigenvalue weighted by Gasteiger charge is -2.28. The summed E-state index contributed by atoms with van der Waals surface area (Å²) in [5.74, 6) is -0.182. The number of hydrogen-bond acceptors (Lipinski definition) is 3. The van der Waals surface area contributed by atoms with E-state index >= 15 is 0 Å². The first kappa shape index (κ1) is 17.0. The van der Waals surface area contributed by atoms with Crippen LogP contribution in [0.25, 0.3) is 5.69 Å². The first-order valence-corrected chi connectivity index (χ1v) is 8.56. The lowest BCUT2D eigenvalue weighted by molar-refractivity contribution is 0.0154. The fraction of sp³-hybridized carbons (Fsp3) is 0.444. The van der Waals surface area contributed by atoms with Gasteiger partial charge in [-0.05, 0) is 31.9 Å². The molecule has 1 aromatic carbocycles. The summed E-state index contributed by atoms with van der Waals surface area (Å²) in [6, 6.07) is 7.37. The molecular formula is C18H22ClN3O2. The second kappa shape index (κ2) is 6.57. The van der Waals surface area contributed by atoms with Crippen LogP contribution in [-0.4, -0.2) is 44.9 Å². The summed E-state index contributed by atoms with van der Waals surface area (Å²) in [4.78, 5) is 14.3. The third-order valence-corrected chi connectivity index (χ3v) is 4.93. The van der Waals surface area contributed by atoms with Crippen LogP contribution in [0.2, 0.25) is 5.02 Å². The van der Waals surface area contributed by atoms with E-state index in [1.165, 1.54) is 0 Å². The highest BCUT2D eigenvalue weighted by Gasteiger charge is 2.34. The van der Waals surface area contributed by atoms with Crippen molar-refractivity contribution in [3.63, 3.8) is 0 Å². The summed E-state index contributed by atoms with van der Waals surface area (Å²) < 4.78 is 1.63. The highest BCUT2D eigenvalue weighted by Crippen LogP contribution is 2.30. The number of carbonyl (C=O) groups is 1. The van der Waals surface area contributed by atoms with Crippen LogP contribution in [0.1, 0.15) is 41.7 Å². The molecule has 1 aromatic heterocycles. The van der Waals surface area contributed by atoms with Crippen molar-refractivity contribution in [1.29, 1.82) is 0 Å². The van der Waals surface area contributed by atoms with E-state index in [1.807, 2.05) is 25.1 Å². The molecule has 0 aliphatic heterocycles. The molecule has 2 aromatic rings. The molecule has 1 aliphatic carbocycles. The lowest BCUT2D eigenvalue weighted by atomic mass is 10.0. The molecule has 1 fully saturated rings. The predicted molar refractivity (Wildman–Crippen MR) is 93.7 cm³/mol. The fourth-order valence-electron chi connectivity index (χ4n) is 3.32. The summed E-state index contributed by atoms with van der Waals surface area (Å²) >= 11 is 6.20. The Hall–Kier alpha value is -1.85. The number of aromatic nitrogens is 2. The first-order chi connectivity index (χ1) is 11.4.